The first-order valence-corrected chi connectivity index (χ1v) is 6.92. The fourth-order valence-corrected chi connectivity index (χ4v) is 3.43. The van der Waals surface area contributed by atoms with Crippen LogP contribution >= 0.6 is 0 Å². The van der Waals surface area contributed by atoms with E-state index in [9.17, 15) is 4.79 Å². The zero-order chi connectivity index (χ0) is 13.4. The van der Waals surface area contributed by atoms with Crippen LogP contribution in [0.2, 0.25) is 0 Å². The summed E-state index contributed by atoms with van der Waals surface area (Å²) in [7, 11) is 1.60. The molecule has 4 heteroatoms. The van der Waals surface area contributed by atoms with Crippen LogP contribution in [0.4, 0.5) is 5.69 Å². The molecule has 1 aliphatic heterocycles. The van der Waals surface area contributed by atoms with Crippen molar-refractivity contribution < 1.29 is 9.53 Å². The van der Waals surface area contributed by atoms with Gasteiger partial charge in [-0.2, -0.15) is 0 Å². The van der Waals surface area contributed by atoms with E-state index in [1.54, 1.807) is 25.3 Å². The van der Waals surface area contributed by atoms with Crippen LogP contribution in [0.25, 0.3) is 0 Å². The van der Waals surface area contributed by atoms with Crippen molar-refractivity contribution >= 4 is 11.6 Å². The van der Waals surface area contributed by atoms with Crippen molar-refractivity contribution in [1.82, 2.24) is 4.90 Å². The van der Waals surface area contributed by atoms with Gasteiger partial charge in [0.15, 0.2) is 0 Å². The molecule has 3 rings (SSSR count). The van der Waals surface area contributed by atoms with Gasteiger partial charge in [-0.25, -0.2) is 0 Å². The Kier molecular flexibility index (Phi) is 3.09. The maximum absolute atomic E-state index is 12.5. The van der Waals surface area contributed by atoms with E-state index in [-0.39, 0.29) is 5.91 Å². The van der Waals surface area contributed by atoms with E-state index in [4.69, 9.17) is 10.5 Å². The molecule has 19 heavy (non-hydrogen) atoms. The predicted molar refractivity (Wildman–Crippen MR) is 74.1 cm³/mol. The number of amides is 1. The highest BCUT2D eigenvalue weighted by Gasteiger charge is 2.38. The smallest absolute Gasteiger partial charge is 0.255 e. The first kappa shape index (κ1) is 12.3. The van der Waals surface area contributed by atoms with Gasteiger partial charge in [0.1, 0.15) is 5.75 Å². The van der Waals surface area contributed by atoms with Gasteiger partial charge in [-0.05, 0) is 36.8 Å². The van der Waals surface area contributed by atoms with Gasteiger partial charge in [0.05, 0.1) is 12.7 Å². The molecule has 1 saturated carbocycles. The van der Waals surface area contributed by atoms with Gasteiger partial charge in [0.25, 0.3) is 5.91 Å². The minimum Gasteiger partial charge on any atom is -0.497 e. The number of hydrogen-bond donors (Lipinski definition) is 1. The monoisotopic (exact) mass is 260 g/mol. The van der Waals surface area contributed by atoms with Crippen LogP contribution in [0.3, 0.4) is 0 Å². The van der Waals surface area contributed by atoms with Gasteiger partial charge in [0.2, 0.25) is 0 Å². The van der Waals surface area contributed by atoms with Crippen molar-refractivity contribution in [2.24, 2.45) is 11.8 Å². The Balaban J connectivity index is 1.77. The Bertz CT molecular complexity index is 489. The molecule has 2 unspecified atom stereocenters. The lowest BCUT2D eigenvalue weighted by Gasteiger charge is -2.18. The van der Waals surface area contributed by atoms with Crippen LogP contribution in [-0.2, 0) is 0 Å². The van der Waals surface area contributed by atoms with Crippen molar-refractivity contribution in [2.45, 2.75) is 19.3 Å². The molecule has 2 atom stereocenters. The van der Waals surface area contributed by atoms with E-state index in [0.717, 1.165) is 13.1 Å². The quantitative estimate of drug-likeness (QED) is 0.829. The second kappa shape index (κ2) is 4.76. The zero-order valence-electron chi connectivity index (χ0n) is 11.3. The number of carbonyl (C=O) groups is 1. The molecule has 1 aromatic rings. The molecule has 1 amide bonds. The summed E-state index contributed by atoms with van der Waals surface area (Å²) in [5.41, 5.74) is 7.05. The molecule has 2 N–H and O–H groups in total. The Morgan fingerprint density at radius 3 is 2.58 bits per heavy atom. The van der Waals surface area contributed by atoms with E-state index in [2.05, 4.69) is 0 Å². The number of nitrogens with zero attached hydrogens (tertiary/aromatic N) is 1. The number of carbonyl (C=O) groups excluding carboxylic acids is 1. The van der Waals surface area contributed by atoms with Gasteiger partial charge >= 0.3 is 0 Å². The number of hydrogen-bond acceptors (Lipinski definition) is 3. The van der Waals surface area contributed by atoms with E-state index in [1.807, 2.05) is 4.90 Å². The summed E-state index contributed by atoms with van der Waals surface area (Å²) in [6, 6.07) is 5.27. The molecule has 0 bridgehead atoms. The average molecular weight is 260 g/mol. The number of rotatable bonds is 2. The van der Waals surface area contributed by atoms with Gasteiger partial charge in [-0.15, -0.1) is 0 Å². The van der Waals surface area contributed by atoms with Crippen molar-refractivity contribution in [3.05, 3.63) is 23.8 Å². The number of fused-ring (bicyclic) bond motifs is 1. The molecule has 1 aliphatic carbocycles. The van der Waals surface area contributed by atoms with Gasteiger partial charge in [0, 0.05) is 24.8 Å². The Labute approximate surface area is 113 Å². The normalized spacial score (nSPS) is 25.4. The van der Waals surface area contributed by atoms with Crippen molar-refractivity contribution in [3.8, 4) is 5.75 Å². The van der Waals surface area contributed by atoms with E-state index < -0.39 is 0 Å². The second-order valence-corrected chi connectivity index (χ2v) is 5.61. The standard InChI is InChI=1S/C15H20N2O2/c1-19-12-5-6-13(14(16)7-12)15(18)17-8-10-3-2-4-11(10)9-17/h5-7,10-11H,2-4,8-9,16H2,1H3. The summed E-state index contributed by atoms with van der Waals surface area (Å²) >= 11 is 0. The highest BCUT2D eigenvalue weighted by Crippen LogP contribution is 2.38. The summed E-state index contributed by atoms with van der Waals surface area (Å²) in [6.45, 7) is 1.80. The molecule has 102 valence electrons. The Morgan fingerprint density at radius 1 is 1.32 bits per heavy atom. The van der Waals surface area contributed by atoms with Crippen LogP contribution in [0.5, 0.6) is 5.75 Å². The van der Waals surface area contributed by atoms with Gasteiger partial charge in [-0.1, -0.05) is 6.42 Å². The number of anilines is 1. The number of ether oxygens (including phenoxy) is 1. The SMILES string of the molecule is COc1ccc(C(=O)N2CC3CCCC3C2)c(N)c1. The summed E-state index contributed by atoms with van der Waals surface area (Å²) < 4.78 is 5.11. The highest BCUT2D eigenvalue weighted by molar-refractivity contribution is 5.99. The largest absolute Gasteiger partial charge is 0.497 e. The Morgan fingerprint density at radius 2 is 2.00 bits per heavy atom. The summed E-state index contributed by atoms with van der Waals surface area (Å²) in [5.74, 6) is 2.17. The minimum atomic E-state index is 0.0644. The lowest BCUT2D eigenvalue weighted by molar-refractivity contribution is 0.0781. The van der Waals surface area contributed by atoms with E-state index in [0.29, 0.717) is 28.8 Å². The number of nitrogen functional groups attached to an aromatic ring is 1. The maximum Gasteiger partial charge on any atom is 0.255 e. The van der Waals surface area contributed by atoms with Gasteiger partial charge in [-0.3, -0.25) is 4.79 Å². The fraction of sp³-hybridized carbons (Fsp3) is 0.533. The lowest BCUT2D eigenvalue weighted by atomic mass is 10.0. The molecule has 1 heterocycles. The van der Waals surface area contributed by atoms with Gasteiger partial charge < -0.3 is 15.4 Å². The molecule has 0 aromatic heterocycles. The molecular formula is C15H20N2O2. The maximum atomic E-state index is 12.5. The zero-order valence-corrected chi connectivity index (χ0v) is 11.3. The Hall–Kier alpha value is -1.71. The first-order valence-electron chi connectivity index (χ1n) is 6.92. The van der Waals surface area contributed by atoms with E-state index in [1.165, 1.54) is 19.3 Å². The van der Waals surface area contributed by atoms with Crippen LogP contribution in [0.1, 0.15) is 29.6 Å². The second-order valence-electron chi connectivity index (χ2n) is 5.61. The van der Waals surface area contributed by atoms with Crippen LogP contribution in [0, 0.1) is 11.8 Å². The summed E-state index contributed by atoms with van der Waals surface area (Å²) in [5, 5.41) is 0. The fourth-order valence-electron chi connectivity index (χ4n) is 3.43. The molecule has 4 nitrogen and oxygen atoms in total. The third-order valence-corrected chi connectivity index (χ3v) is 4.50. The topological polar surface area (TPSA) is 55.6 Å². The molecule has 1 saturated heterocycles. The number of methoxy groups -OCH3 is 1. The molecule has 1 aromatic carbocycles. The third-order valence-electron chi connectivity index (χ3n) is 4.50. The van der Waals surface area contributed by atoms with Crippen LogP contribution in [0.15, 0.2) is 18.2 Å². The molecule has 0 spiro atoms. The summed E-state index contributed by atoms with van der Waals surface area (Å²) in [6.07, 6.45) is 3.86. The van der Waals surface area contributed by atoms with Crippen molar-refractivity contribution in [1.29, 1.82) is 0 Å². The number of benzene rings is 1. The van der Waals surface area contributed by atoms with Crippen LogP contribution in [-0.4, -0.2) is 31.0 Å². The van der Waals surface area contributed by atoms with E-state index >= 15 is 0 Å². The van der Waals surface area contributed by atoms with Crippen molar-refractivity contribution in [2.75, 3.05) is 25.9 Å². The third kappa shape index (κ3) is 2.15. The minimum absolute atomic E-state index is 0.0644. The number of nitrogens with two attached hydrogens (primary N) is 1. The summed E-state index contributed by atoms with van der Waals surface area (Å²) in [4.78, 5) is 14.5. The molecular weight excluding hydrogens is 240 g/mol. The number of likely N-dealkylation sites (tertiary alicyclic amines) is 1. The first-order chi connectivity index (χ1) is 9.19. The molecule has 2 fully saturated rings. The molecule has 0 radical (unpaired) electrons. The highest BCUT2D eigenvalue weighted by atomic mass is 16.5. The predicted octanol–water partition coefficient (Wildman–Crippen LogP) is 2.15. The van der Waals surface area contributed by atoms with Crippen molar-refractivity contribution in [3.63, 3.8) is 0 Å². The molecule has 2 aliphatic rings. The average Bonchev–Trinajstić information content (AvgIpc) is 2.98. The lowest BCUT2D eigenvalue weighted by Crippen LogP contribution is -2.30. The van der Waals surface area contributed by atoms with Crippen LogP contribution < -0.4 is 10.5 Å².